The molecule has 4 rings (SSSR count). The molecule has 0 bridgehead atoms. The SMILES string of the molecule is CCCCNC(=O)[C@@H](Cc1ccccc1)N(Cc1cccc(Cl)c1)C(=O)CN(c1ccc(OC)c(Cl)c1)S(=O)(=O)c1ccc(C)cc1. The van der Waals surface area contributed by atoms with E-state index in [4.69, 9.17) is 27.9 Å². The summed E-state index contributed by atoms with van der Waals surface area (Å²) in [5.74, 6) is -0.569. The zero-order valence-electron chi connectivity index (χ0n) is 26.7. The van der Waals surface area contributed by atoms with E-state index >= 15 is 0 Å². The Balaban J connectivity index is 1.81. The van der Waals surface area contributed by atoms with Crippen LogP contribution in [-0.4, -0.2) is 51.4 Å². The number of aryl methyl sites for hydroxylation is 1. The number of rotatable bonds is 15. The van der Waals surface area contributed by atoms with E-state index < -0.39 is 28.5 Å². The van der Waals surface area contributed by atoms with Gasteiger partial charge in [0.2, 0.25) is 11.8 Å². The van der Waals surface area contributed by atoms with Gasteiger partial charge in [-0.15, -0.1) is 0 Å². The summed E-state index contributed by atoms with van der Waals surface area (Å²) in [6, 6.07) is 26.4. The first kappa shape index (κ1) is 35.8. The third-order valence-corrected chi connectivity index (χ3v) is 9.97. The van der Waals surface area contributed by atoms with E-state index in [1.165, 1.54) is 36.3 Å². The molecule has 4 aromatic rings. The van der Waals surface area contributed by atoms with Crippen LogP contribution in [0.5, 0.6) is 5.75 Å². The zero-order chi connectivity index (χ0) is 34.0. The number of hydrogen-bond donors (Lipinski definition) is 1. The Morgan fingerprint density at radius 2 is 1.60 bits per heavy atom. The number of amides is 2. The van der Waals surface area contributed by atoms with Gasteiger partial charge in [0, 0.05) is 24.5 Å². The number of halogens is 2. The van der Waals surface area contributed by atoms with Crippen molar-refractivity contribution in [3.63, 3.8) is 0 Å². The number of carbonyl (C=O) groups is 2. The van der Waals surface area contributed by atoms with Gasteiger partial charge in [-0.05, 0) is 66.9 Å². The van der Waals surface area contributed by atoms with Crippen molar-refractivity contribution in [3.05, 3.63) is 124 Å². The normalized spacial score (nSPS) is 11.9. The quantitative estimate of drug-likeness (QED) is 0.134. The number of benzene rings is 4. The average molecular weight is 697 g/mol. The third-order valence-electron chi connectivity index (χ3n) is 7.65. The smallest absolute Gasteiger partial charge is 0.264 e. The fraction of sp³-hybridized carbons (Fsp3) is 0.278. The van der Waals surface area contributed by atoms with Crippen LogP contribution in [0.2, 0.25) is 10.0 Å². The summed E-state index contributed by atoms with van der Waals surface area (Å²) in [4.78, 5) is 29.9. The van der Waals surface area contributed by atoms with Crippen LogP contribution in [0, 0.1) is 6.92 Å². The molecular weight excluding hydrogens is 657 g/mol. The first-order valence-corrected chi connectivity index (χ1v) is 17.5. The molecule has 0 saturated carbocycles. The Bertz CT molecular complexity index is 1770. The lowest BCUT2D eigenvalue weighted by molar-refractivity contribution is -0.140. The van der Waals surface area contributed by atoms with Crippen LogP contribution in [0.4, 0.5) is 5.69 Å². The highest BCUT2D eigenvalue weighted by molar-refractivity contribution is 7.92. The summed E-state index contributed by atoms with van der Waals surface area (Å²) < 4.78 is 34.7. The van der Waals surface area contributed by atoms with E-state index in [0.717, 1.165) is 28.3 Å². The fourth-order valence-corrected chi connectivity index (χ4v) is 6.94. The van der Waals surface area contributed by atoms with E-state index in [2.05, 4.69) is 5.32 Å². The van der Waals surface area contributed by atoms with Crippen molar-refractivity contribution in [1.29, 1.82) is 0 Å². The number of anilines is 1. The number of unbranched alkanes of at least 4 members (excludes halogenated alkanes) is 1. The largest absolute Gasteiger partial charge is 0.495 e. The highest BCUT2D eigenvalue weighted by Gasteiger charge is 2.35. The molecule has 8 nitrogen and oxygen atoms in total. The van der Waals surface area contributed by atoms with Gasteiger partial charge in [0.05, 0.1) is 22.7 Å². The Hall–Kier alpha value is -4.05. The van der Waals surface area contributed by atoms with Gasteiger partial charge in [-0.25, -0.2) is 8.42 Å². The van der Waals surface area contributed by atoms with Gasteiger partial charge in [0.25, 0.3) is 10.0 Å². The minimum absolute atomic E-state index is 0.00220. The molecule has 248 valence electrons. The molecule has 47 heavy (non-hydrogen) atoms. The first-order valence-electron chi connectivity index (χ1n) is 15.3. The van der Waals surface area contributed by atoms with Crippen LogP contribution in [0.15, 0.2) is 102 Å². The second-order valence-corrected chi connectivity index (χ2v) is 13.9. The predicted octanol–water partition coefficient (Wildman–Crippen LogP) is 7.06. The topological polar surface area (TPSA) is 96.0 Å². The number of sulfonamides is 1. The second kappa shape index (κ2) is 16.7. The van der Waals surface area contributed by atoms with E-state index in [9.17, 15) is 18.0 Å². The molecule has 0 aliphatic carbocycles. The van der Waals surface area contributed by atoms with Gasteiger partial charge < -0.3 is 15.0 Å². The minimum atomic E-state index is -4.27. The van der Waals surface area contributed by atoms with Crippen LogP contribution in [0.25, 0.3) is 0 Å². The summed E-state index contributed by atoms with van der Waals surface area (Å²) in [5, 5.41) is 3.63. The average Bonchev–Trinajstić information content (AvgIpc) is 3.05. The zero-order valence-corrected chi connectivity index (χ0v) is 29.0. The Morgan fingerprint density at radius 1 is 0.894 bits per heavy atom. The molecule has 11 heteroatoms. The van der Waals surface area contributed by atoms with Crippen molar-refractivity contribution in [3.8, 4) is 5.75 Å². The lowest BCUT2D eigenvalue weighted by Gasteiger charge is -2.34. The number of ether oxygens (including phenoxy) is 1. The Kier molecular flexibility index (Phi) is 12.7. The van der Waals surface area contributed by atoms with Gasteiger partial charge >= 0.3 is 0 Å². The van der Waals surface area contributed by atoms with Gasteiger partial charge in [-0.3, -0.25) is 13.9 Å². The monoisotopic (exact) mass is 695 g/mol. The van der Waals surface area contributed by atoms with Crippen molar-refractivity contribution in [2.45, 2.75) is 50.6 Å². The number of methoxy groups -OCH3 is 1. The molecule has 0 aliphatic heterocycles. The molecular formula is C36H39Cl2N3O5S. The molecule has 0 aromatic heterocycles. The molecule has 1 atom stereocenters. The van der Waals surface area contributed by atoms with E-state index in [1.807, 2.05) is 50.2 Å². The van der Waals surface area contributed by atoms with Crippen molar-refractivity contribution < 1.29 is 22.7 Å². The summed E-state index contributed by atoms with van der Waals surface area (Å²) in [6.07, 6.45) is 1.86. The molecule has 0 radical (unpaired) electrons. The third kappa shape index (κ3) is 9.50. The van der Waals surface area contributed by atoms with E-state index in [0.29, 0.717) is 22.9 Å². The van der Waals surface area contributed by atoms with E-state index in [1.54, 1.807) is 36.4 Å². The molecule has 0 heterocycles. The molecule has 0 aliphatic rings. The molecule has 1 N–H and O–H groups in total. The van der Waals surface area contributed by atoms with Crippen LogP contribution in [-0.2, 0) is 32.6 Å². The maximum atomic E-state index is 14.6. The molecule has 0 saturated heterocycles. The standard InChI is InChI=1S/C36H39Cl2N3O5S/c1-4-5-20-39-36(43)33(22-27-10-7-6-8-11-27)40(24-28-12-9-13-29(37)21-28)35(42)25-41(30-16-19-34(46-3)32(38)23-30)47(44,45)31-17-14-26(2)15-18-31/h6-19,21,23,33H,4-5,20,22,24-25H2,1-3H3,(H,39,43)/t33-/m1/s1. The first-order chi connectivity index (χ1) is 22.5. The predicted molar refractivity (Wildman–Crippen MR) is 188 cm³/mol. The molecule has 0 fully saturated rings. The fourth-order valence-electron chi connectivity index (χ4n) is 5.07. The van der Waals surface area contributed by atoms with Gasteiger partial charge in [0.15, 0.2) is 0 Å². The van der Waals surface area contributed by atoms with Crippen LogP contribution in [0.1, 0.15) is 36.5 Å². The molecule has 4 aromatic carbocycles. The second-order valence-electron chi connectivity index (χ2n) is 11.1. The molecule has 0 spiro atoms. The van der Waals surface area contributed by atoms with Gasteiger partial charge in [-0.2, -0.15) is 0 Å². The van der Waals surface area contributed by atoms with Crippen molar-refractivity contribution in [2.75, 3.05) is 24.5 Å². The number of hydrogen-bond acceptors (Lipinski definition) is 5. The summed E-state index contributed by atoms with van der Waals surface area (Å²) in [5.41, 5.74) is 2.58. The van der Waals surface area contributed by atoms with Crippen LogP contribution < -0.4 is 14.4 Å². The number of carbonyl (C=O) groups excluding carboxylic acids is 2. The van der Waals surface area contributed by atoms with Crippen molar-refractivity contribution >= 4 is 50.7 Å². The number of nitrogens with zero attached hydrogens (tertiary/aromatic N) is 2. The van der Waals surface area contributed by atoms with Gasteiger partial charge in [0.1, 0.15) is 18.3 Å². The number of nitrogens with one attached hydrogen (secondary N) is 1. The van der Waals surface area contributed by atoms with E-state index in [-0.39, 0.29) is 34.5 Å². The van der Waals surface area contributed by atoms with Crippen molar-refractivity contribution in [1.82, 2.24) is 10.2 Å². The molecule has 2 amide bonds. The summed E-state index contributed by atoms with van der Waals surface area (Å²) in [7, 11) is -2.82. The maximum absolute atomic E-state index is 14.6. The highest BCUT2D eigenvalue weighted by atomic mass is 35.5. The minimum Gasteiger partial charge on any atom is -0.495 e. The maximum Gasteiger partial charge on any atom is 0.264 e. The summed E-state index contributed by atoms with van der Waals surface area (Å²) >= 11 is 12.8. The Labute approximate surface area is 287 Å². The van der Waals surface area contributed by atoms with Crippen LogP contribution in [0.3, 0.4) is 0 Å². The summed E-state index contributed by atoms with van der Waals surface area (Å²) in [6.45, 7) is 3.73. The van der Waals surface area contributed by atoms with Crippen molar-refractivity contribution in [2.24, 2.45) is 0 Å². The Morgan fingerprint density at radius 3 is 2.23 bits per heavy atom. The van der Waals surface area contributed by atoms with Gasteiger partial charge in [-0.1, -0.05) is 96.7 Å². The highest BCUT2D eigenvalue weighted by Crippen LogP contribution is 2.32. The molecule has 0 unspecified atom stereocenters. The van der Waals surface area contributed by atoms with Crippen LogP contribution >= 0.6 is 23.2 Å². The lowest BCUT2D eigenvalue weighted by atomic mass is 10.0. The lowest BCUT2D eigenvalue weighted by Crippen LogP contribution is -2.53.